The van der Waals surface area contributed by atoms with E-state index in [1.54, 1.807) is 17.1 Å². The number of hydrogen-bond donors (Lipinski definition) is 2. The first-order valence-corrected chi connectivity index (χ1v) is 8.71. The minimum absolute atomic E-state index is 0.133. The summed E-state index contributed by atoms with van der Waals surface area (Å²) in [6.07, 6.45) is 0.331. The molecule has 1 aromatic heterocycles. The van der Waals surface area contributed by atoms with Crippen LogP contribution >= 0.6 is 39.0 Å². The average molecular weight is 386 g/mol. The highest BCUT2D eigenvalue weighted by Gasteiger charge is 2.13. The third kappa shape index (κ3) is 4.87. The van der Waals surface area contributed by atoms with Crippen LogP contribution < -0.4 is 5.32 Å². The second kappa shape index (κ2) is 7.63. The number of rotatable bonds is 6. The second-order valence-corrected chi connectivity index (χ2v) is 7.07. The van der Waals surface area contributed by atoms with Gasteiger partial charge >= 0.3 is 5.97 Å². The van der Waals surface area contributed by atoms with Gasteiger partial charge in [-0.05, 0) is 35.7 Å². The van der Waals surface area contributed by atoms with E-state index in [0.717, 1.165) is 9.37 Å². The number of aromatic carboxylic acids is 1. The van der Waals surface area contributed by atoms with E-state index >= 15 is 0 Å². The summed E-state index contributed by atoms with van der Waals surface area (Å²) in [7, 11) is 0. The number of amides is 1. The molecule has 0 bridgehead atoms. The van der Waals surface area contributed by atoms with Crippen molar-refractivity contribution in [3.63, 3.8) is 0 Å². The Balaban J connectivity index is 1.81. The van der Waals surface area contributed by atoms with Crippen LogP contribution in [0.15, 0.2) is 45.1 Å². The SMILES string of the molecule is O=C(CCSc1ccc(Br)cc1)Nc1sccc1C(=O)O. The molecule has 0 fully saturated rings. The Kier molecular flexibility index (Phi) is 5.84. The quantitative estimate of drug-likeness (QED) is 0.726. The number of nitrogens with one attached hydrogen (secondary N) is 1. The van der Waals surface area contributed by atoms with Crippen molar-refractivity contribution >= 4 is 55.9 Å². The van der Waals surface area contributed by atoms with Gasteiger partial charge in [-0.3, -0.25) is 4.79 Å². The predicted octanol–water partition coefficient (Wildman–Crippen LogP) is 4.33. The average Bonchev–Trinajstić information content (AvgIpc) is 2.89. The van der Waals surface area contributed by atoms with Gasteiger partial charge in [-0.15, -0.1) is 23.1 Å². The molecule has 2 N–H and O–H groups in total. The number of anilines is 1. The summed E-state index contributed by atoms with van der Waals surface area (Å²) in [4.78, 5) is 23.8. The number of thiophene rings is 1. The topological polar surface area (TPSA) is 66.4 Å². The summed E-state index contributed by atoms with van der Waals surface area (Å²) in [6, 6.07) is 9.35. The number of hydrogen-bond acceptors (Lipinski definition) is 4. The molecule has 1 heterocycles. The largest absolute Gasteiger partial charge is 0.478 e. The lowest BCUT2D eigenvalue weighted by atomic mass is 10.3. The highest BCUT2D eigenvalue weighted by molar-refractivity contribution is 9.10. The van der Waals surface area contributed by atoms with Crippen molar-refractivity contribution in [1.82, 2.24) is 0 Å². The van der Waals surface area contributed by atoms with E-state index in [2.05, 4.69) is 21.2 Å². The van der Waals surface area contributed by atoms with Crippen LogP contribution in [0.1, 0.15) is 16.8 Å². The molecule has 2 rings (SSSR count). The van der Waals surface area contributed by atoms with Gasteiger partial charge < -0.3 is 10.4 Å². The maximum atomic E-state index is 11.8. The fourth-order valence-electron chi connectivity index (χ4n) is 1.56. The third-order valence-electron chi connectivity index (χ3n) is 2.56. The van der Waals surface area contributed by atoms with Gasteiger partial charge in [-0.1, -0.05) is 15.9 Å². The first-order chi connectivity index (χ1) is 10.1. The van der Waals surface area contributed by atoms with E-state index < -0.39 is 5.97 Å². The van der Waals surface area contributed by atoms with Gasteiger partial charge in [0.2, 0.25) is 5.91 Å². The highest BCUT2D eigenvalue weighted by Crippen LogP contribution is 2.24. The maximum Gasteiger partial charge on any atom is 0.338 e. The van der Waals surface area contributed by atoms with Gasteiger partial charge in [-0.25, -0.2) is 4.79 Å². The zero-order valence-corrected chi connectivity index (χ0v) is 14.1. The summed E-state index contributed by atoms with van der Waals surface area (Å²) < 4.78 is 1.02. The molecule has 0 aliphatic rings. The van der Waals surface area contributed by atoms with Crippen molar-refractivity contribution in [2.24, 2.45) is 0 Å². The molecular weight excluding hydrogens is 374 g/mol. The van der Waals surface area contributed by atoms with Gasteiger partial charge in [0.05, 0.1) is 5.56 Å². The molecular formula is C14H12BrNO3S2. The smallest absolute Gasteiger partial charge is 0.338 e. The Morgan fingerprint density at radius 1 is 1.24 bits per heavy atom. The zero-order chi connectivity index (χ0) is 15.2. The molecule has 0 atom stereocenters. The fourth-order valence-corrected chi connectivity index (χ4v) is 3.47. The molecule has 21 heavy (non-hydrogen) atoms. The van der Waals surface area contributed by atoms with E-state index in [1.165, 1.54) is 17.4 Å². The number of carboxylic acids is 1. The molecule has 4 nitrogen and oxygen atoms in total. The van der Waals surface area contributed by atoms with Gasteiger partial charge in [-0.2, -0.15) is 0 Å². The molecule has 0 saturated heterocycles. The van der Waals surface area contributed by atoms with Gasteiger partial charge in [0, 0.05) is 21.5 Å². The number of carbonyl (C=O) groups excluding carboxylic acids is 1. The molecule has 0 unspecified atom stereocenters. The van der Waals surface area contributed by atoms with Crippen LogP contribution in [0.2, 0.25) is 0 Å². The van der Waals surface area contributed by atoms with E-state index in [0.29, 0.717) is 17.2 Å². The van der Waals surface area contributed by atoms with Crippen LogP contribution in [0, 0.1) is 0 Å². The summed E-state index contributed by atoms with van der Waals surface area (Å²) in [5.74, 6) is -0.568. The van der Waals surface area contributed by atoms with Crippen LogP contribution in [-0.4, -0.2) is 22.7 Å². The lowest BCUT2D eigenvalue weighted by Gasteiger charge is -2.04. The van der Waals surface area contributed by atoms with Crippen molar-refractivity contribution in [2.45, 2.75) is 11.3 Å². The molecule has 0 aliphatic carbocycles. The van der Waals surface area contributed by atoms with Gasteiger partial charge in [0.25, 0.3) is 0 Å². The lowest BCUT2D eigenvalue weighted by Crippen LogP contribution is -2.13. The minimum atomic E-state index is -1.03. The van der Waals surface area contributed by atoms with Gasteiger partial charge in [0.15, 0.2) is 0 Å². The van der Waals surface area contributed by atoms with Crippen LogP contribution in [0.25, 0.3) is 0 Å². The number of carbonyl (C=O) groups is 2. The van der Waals surface area contributed by atoms with E-state index in [1.807, 2.05) is 24.3 Å². The third-order valence-corrected chi connectivity index (χ3v) is 4.93. The first kappa shape index (κ1) is 16.1. The number of halogens is 1. The Morgan fingerprint density at radius 2 is 1.95 bits per heavy atom. The van der Waals surface area contributed by atoms with E-state index in [4.69, 9.17) is 5.11 Å². The Bertz CT molecular complexity index is 640. The molecule has 1 aromatic carbocycles. The summed E-state index contributed by atoms with van der Waals surface area (Å²) in [6.45, 7) is 0. The number of carboxylic acid groups (broad SMARTS) is 1. The van der Waals surface area contributed by atoms with Crippen LogP contribution in [0.4, 0.5) is 5.00 Å². The number of benzene rings is 1. The molecule has 2 aromatic rings. The predicted molar refractivity (Wildman–Crippen MR) is 89.4 cm³/mol. The van der Waals surface area contributed by atoms with E-state index in [-0.39, 0.29) is 11.5 Å². The fraction of sp³-hybridized carbons (Fsp3) is 0.143. The molecule has 0 aliphatic heterocycles. The number of thioether (sulfide) groups is 1. The molecule has 0 spiro atoms. The molecule has 0 saturated carbocycles. The summed E-state index contributed by atoms with van der Waals surface area (Å²) >= 11 is 6.17. The minimum Gasteiger partial charge on any atom is -0.478 e. The first-order valence-electron chi connectivity index (χ1n) is 6.05. The normalized spacial score (nSPS) is 10.3. The van der Waals surface area contributed by atoms with Gasteiger partial charge in [0.1, 0.15) is 5.00 Å². The Morgan fingerprint density at radius 3 is 2.62 bits per heavy atom. The van der Waals surface area contributed by atoms with Crippen LogP contribution in [-0.2, 0) is 4.79 Å². The monoisotopic (exact) mass is 385 g/mol. The van der Waals surface area contributed by atoms with Crippen molar-refractivity contribution < 1.29 is 14.7 Å². The Labute approximate surface area is 138 Å². The molecule has 0 radical (unpaired) electrons. The lowest BCUT2D eigenvalue weighted by molar-refractivity contribution is -0.115. The second-order valence-electron chi connectivity index (χ2n) is 4.07. The molecule has 7 heteroatoms. The zero-order valence-electron chi connectivity index (χ0n) is 10.8. The molecule has 110 valence electrons. The van der Waals surface area contributed by atoms with Crippen LogP contribution in [0.3, 0.4) is 0 Å². The van der Waals surface area contributed by atoms with Crippen molar-refractivity contribution in [3.05, 3.63) is 45.7 Å². The Hall–Kier alpha value is -1.31. The maximum absolute atomic E-state index is 11.8. The summed E-state index contributed by atoms with van der Waals surface area (Å²) in [5, 5.41) is 13.6. The summed E-state index contributed by atoms with van der Waals surface area (Å²) in [5.41, 5.74) is 0.133. The van der Waals surface area contributed by atoms with E-state index in [9.17, 15) is 9.59 Å². The van der Waals surface area contributed by atoms with Crippen molar-refractivity contribution in [3.8, 4) is 0 Å². The van der Waals surface area contributed by atoms with Crippen LogP contribution in [0.5, 0.6) is 0 Å². The highest BCUT2D eigenvalue weighted by atomic mass is 79.9. The van der Waals surface area contributed by atoms with Crippen molar-refractivity contribution in [2.75, 3.05) is 11.1 Å². The molecule has 1 amide bonds. The standard InChI is InChI=1S/C14H12BrNO3S2/c15-9-1-3-10(4-2-9)20-8-6-12(17)16-13-11(14(18)19)5-7-21-13/h1-5,7H,6,8H2,(H,16,17)(H,18,19). The van der Waals surface area contributed by atoms with Crippen molar-refractivity contribution in [1.29, 1.82) is 0 Å².